The van der Waals surface area contributed by atoms with E-state index >= 15 is 0 Å². The van der Waals surface area contributed by atoms with Gasteiger partial charge in [0.25, 0.3) is 0 Å². The summed E-state index contributed by atoms with van der Waals surface area (Å²) in [5.74, 6) is -0.658. The molecule has 0 rings (SSSR count). The molecule has 0 bridgehead atoms. The Morgan fingerprint density at radius 3 is 1.33 bits per heavy atom. The highest BCUT2D eigenvalue weighted by molar-refractivity contribution is 5.70. The molecule has 0 aliphatic rings. The lowest BCUT2D eigenvalue weighted by Gasteiger charge is -2.15. The molecule has 1 N–H and O–H groups in total. The van der Waals surface area contributed by atoms with Crippen LogP contribution in [0.4, 0.5) is 0 Å². The third-order valence-corrected chi connectivity index (χ3v) is 8.33. The molecule has 0 aliphatic heterocycles. The van der Waals surface area contributed by atoms with Crippen LogP contribution < -0.4 is 0 Å². The Balaban J connectivity index is 3.64. The van der Waals surface area contributed by atoms with Crippen LogP contribution in [0.3, 0.4) is 0 Å². The quantitative estimate of drug-likeness (QED) is 0.0413. The molecule has 0 aliphatic carbocycles. The minimum Gasteiger partial charge on any atom is -0.462 e. The molecular weight excluding hydrogens is 596 g/mol. The number of hydrogen-bond donors (Lipinski definition) is 1. The average Bonchev–Trinajstić information content (AvgIpc) is 3.09. The highest BCUT2D eigenvalue weighted by atomic mass is 16.6. The molecule has 1 atom stereocenters. The van der Waals surface area contributed by atoms with Gasteiger partial charge in [-0.1, -0.05) is 177 Å². The fraction of sp³-hybridized carbons (Fsp3) is 0.721. The van der Waals surface area contributed by atoms with Gasteiger partial charge in [0.05, 0.1) is 6.61 Å². The zero-order valence-corrected chi connectivity index (χ0v) is 31.2. The highest BCUT2D eigenvalue weighted by Crippen LogP contribution is 2.14. The molecule has 0 saturated heterocycles. The normalized spacial score (nSPS) is 12.8. The summed E-state index contributed by atoms with van der Waals surface area (Å²) in [6.07, 6.45) is 50.0. The first-order chi connectivity index (χ1) is 23.6. The average molecular weight is 671 g/mol. The van der Waals surface area contributed by atoms with Crippen molar-refractivity contribution in [3.8, 4) is 0 Å². The van der Waals surface area contributed by atoms with E-state index < -0.39 is 6.10 Å². The molecule has 0 aromatic carbocycles. The second-order valence-corrected chi connectivity index (χ2v) is 13.0. The maximum Gasteiger partial charge on any atom is 0.306 e. The van der Waals surface area contributed by atoms with Gasteiger partial charge in [-0.05, 0) is 51.4 Å². The zero-order chi connectivity index (χ0) is 35.0. The van der Waals surface area contributed by atoms with Crippen molar-refractivity contribution in [2.75, 3.05) is 13.2 Å². The number of carbonyl (C=O) groups is 2. The minimum atomic E-state index is -0.793. The summed E-state index contributed by atoms with van der Waals surface area (Å²) in [4.78, 5) is 24.2. The first-order valence-electron chi connectivity index (χ1n) is 19.8. The van der Waals surface area contributed by atoms with Crippen molar-refractivity contribution in [2.24, 2.45) is 0 Å². The van der Waals surface area contributed by atoms with Crippen LogP contribution in [0.15, 0.2) is 60.8 Å². The molecule has 0 spiro atoms. The lowest BCUT2D eigenvalue weighted by atomic mass is 10.0. The Labute approximate surface area is 296 Å². The molecule has 0 fully saturated rings. The van der Waals surface area contributed by atoms with E-state index in [2.05, 4.69) is 74.6 Å². The van der Waals surface area contributed by atoms with E-state index in [4.69, 9.17) is 9.47 Å². The number of ether oxygens (including phenoxy) is 2. The number of hydrogen-bond acceptors (Lipinski definition) is 5. The Bertz CT molecular complexity index is 853. The molecule has 0 unspecified atom stereocenters. The molecular formula is C43H74O5. The first-order valence-corrected chi connectivity index (χ1v) is 19.8. The smallest absolute Gasteiger partial charge is 0.306 e. The van der Waals surface area contributed by atoms with Crippen LogP contribution in [-0.2, 0) is 19.1 Å². The molecule has 0 aromatic rings. The summed E-state index contributed by atoms with van der Waals surface area (Å²) in [7, 11) is 0. The predicted octanol–water partition coefficient (Wildman–Crippen LogP) is 12.4. The van der Waals surface area contributed by atoms with Gasteiger partial charge in [0, 0.05) is 12.8 Å². The van der Waals surface area contributed by atoms with E-state index in [0.29, 0.717) is 19.3 Å². The number of aliphatic hydroxyl groups excluding tert-OH is 1. The van der Waals surface area contributed by atoms with Crippen LogP contribution in [0.2, 0.25) is 0 Å². The summed E-state index contributed by atoms with van der Waals surface area (Å²) in [6, 6.07) is 0. The van der Waals surface area contributed by atoms with Gasteiger partial charge >= 0.3 is 11.9 Å². The van der Waals surface area contributed by atoms with Crippen LogP contribution in [0, 0.1) is 0 Å². The molecule has 48 heavy (non-hydrogen) atoms. The highest BCUT2D eigenvalue weighted by Gasteiger charge is 2.16. The zero-order valence-electron chi connectivity index (χ0n) is 31.2. The second-order valence-electron chi connectivity index (χ2n) is 13.0. The maximum atomic E-state index is 12.2. The van der Waals surface area contributed by atoms with Crippen molar-refractivity contribution >= 4 is 11.9 Å². The van der Waals surface area contributed by atoms with Gasteiger partial charge in [0.2, 0.25) is 0 Å². The monoisotopic (exact) mass is 671 g/mol. The van der Waals surface area contributed by atoms with Crippen molar-refractivity contribution in [1.82, 2.24) is 0 Å². The van der Waals surface area contributed by atoms with Gasteiger partial charge in [-0.15, -0.1) is 0 Å². The van der Waals surface area contributed by atoms with Gasteiger partial charge in [-0.2, -0.15) is 0 Å². The van der Waals surface area contributed by atoms with Crippen LogP contribution >= 0.6 is 0 Å². The third kappa shape index (κ3) is 36.4. The topological polar surface area (TPSA) is 72.8 Å². The van der Waals surface area contributed by atoms with Crippen LogP contribution in [0.5, 0.6) is 0 Å². The summed E-state index contributed by atoms with van der Waals surface area (Å²) in [6.45, 7) is 3.97. The lowest BCUT2D eigenvalue weighted by Crippen LogP contribution is -2.28. The van der Waals surface area contributed by atoms with Gasteiger partial charge in [-0.25, -0.2) is 0 Å². The van der Waals surface area contributed by atoms with E-state index in [1.807, 2.05) is 0 Å². The summed E-state index contributed by atoms with van der Waals surface area (Å²) in [5.41, 5.74) is 0. The van der Waals surface area contributed by atoms with Crippen LogP contribution in [0.1, 0.15) is 181 Å². The Hall–Kier alpha value is -2.40. The Kier molecular flexibility index (Phi) is 37.1. The number of unbranched alkanes of at least 4 members (excludes halogenated alkanes) is 17. The molecule has 0 aromatic heterocycles. The van der Waals surface area contributed by atoms with Gasteiger partial charge in [0.15, 0.2) is 6.10 Å². The predicted molar refractivity (Wildman–Crippen MR) is 205 cm³/mol. The SMILES string of the molecule is CC/C=C\C/C=C\C/C=C\C/C=C\C/C=C\CCCC(=O)OC[C@H](CO)OC(=O)CCCCCCCCCCCCCCCCCCC. The summed E-state index contributed by atoms with van der Waals surface area (Å²) < 4.78 is 10.6. The van der Waals surface area contributed by atoms with Crippen molar-refractivity contribution in [1.29, 1.82) is 0 Å². The molecule has 0 saturated carbocycles. The fourth-order valence-electron chi connectivity index (χ4n) is 5.35. The number of aliphatic hydroxyl groups is 1. The summed E-state index contributed by atoms with van der Waals surface area (Å²) >= 11 is 0. The van der Waals surface area contributed by atoms with E-state index in [0.717, 1.165) is 57.8 Å². The van der Waals surface area contributed by atoms with Gasteiger partial charge in [-0.3, -0.25) is 9.59 Å². The van der Waals surface area contributed by atoms with Crippen molar-refractivity contribution in [3.63, 3.8) is 0 Å². The van der Waals surface area contributed by atoms with Gasteiger partial charge < -0.3 is 14.6 Å². The van der Waals surface area contributed by atoms with Crippen LogP contribution in [0.25, 0.3) is 0 Å². The fourth-order valence-corrected chi connectivity index (χ4v) is 5.35. The number of carbonyl (C=O) groups excluding carboxylic acids is 2. The molecule has 0 heterocycles. The number of rotatable bonds is 35. The van der Waals surface area contributed by atoms with Crippen molar-refractivity contribution in [2.45, 2.75) is 187 Å². The Morgan fingerprint density at radius 1 is 0.500 bits per heavy atom. The largest absolute Gasteiger partial charge is 0.462 e. The number of esters is 2. The molecule has 276 valence electrons. The molecule has 5 heteroatoms. The van der Waals surface area contributed by atoms with E-state index in [9.17, 15) is 14.7 Å². The van der Waals surface area contributed by atoms with E-state index in [1.165, 1.54) is 89.9 Å². The molecule has 0 amide bonds. The molecule has 5 nitrogen and oxygen atoms in total. The maximum absolute atomic E-state index is 12.2. The first kappa shape index (κ1) is 45.6. The van der Waals surface area contributed by atoms with Crippen molar-refractivity contribution < 1.29 is 24.2 Å². The van der Waals surface area contributed by atoms with E-state index in [-0.39, 0.29) is 25.2 Å². The van der Waals surface area contributed by atoms with E-state index in [1.54, 1.807) is 0 Å². The van der Waals surface area contributed by atoms with Crippen molar-refractivity contribution in [3.05, 3.63) is 60.8 Å². The minimum absolute atomic E-state index is 0.0954. The number of allylic oxidation sites excluding steroid dienone is 10. The van der Waals surface area contributed by atoms with Crippen LogP contribution in [-0.4, -0.2) is 36.4 Å². The summed E-state index contributed by atoms with van der Waals surface area (Å²) in [5, 5.41) is 9.55. The standard InChI is InChI=1S/C43H74O5/c1-3-5-7-9-11-13-15-17-19-21-23-25-27-29-31-33-35-37-42(45)47-40-41(39-44)48-43(46)38-36-34-32-30-28-26-24-22-20-18-16-14-12-10-8-6-4-2/h5,7,11,13,17,19,23,25,29,31,41,44H,3-4,6,8-10,12,14-16,18,20-22,24,26-28,30,32-40H2,1-2H3/b7-5-,13-11-,19-17-,25-23-,31-29-/t41-/m0/s1. The lowest BCUT2D eigenvalue weighted by molar-refractivity contribution is -0.161. The third-order valence-electron chi connectivity index (χ3n) is 8.33. The Morgan fingerprint density at radius 2 is 0.896 bits per heavy atom. The molecule has 0 radical (unpaired) electrons. The second kappa shape index (κ2) is 39.0. The van der Waals surface area contributed by atoms with Gasteiger partial charge in [0.1, 0.15) is 6.61 Å².